The predicted molar refractivity (Wildman–Crippen MR) is 44.0 cm³/mol. The molecule has 0 radical (unpaired) electrons. The summed E-state index contributed by atoms with van der Waals surface area (Å²) in [4.78, 5) is 23.8. The van der Waals surface area contributed by atoms with E-state index in [1.807, 2.05) is 0 Å². The van der Waals surface area contributed by atoms with Crippen LogP contribution in [0.3, 0.4) is 0 Å². The maximum Gasteiger partial charge on any atom is 0.263 e. The summed E-state index contributed by atoms with van der Waals surface area (Å²) in [7, 11) is 0. The fraction of sp³-hybridized carbons (Fsp3) is 0.111. The van der Waals surface area contributed by atoms with Gasteiger partial charge in [-0.3, -0.25) is 14.5 Å². The Morgan fingerprint density at radius 3 is 2.08 bits per heavy atom. The van der Waals surface area contributed by atoms with E-state index in [1.54, 1.807) is 0 Å². The minimum atomic E-state index is -0.903. The summed E-state index contributed by atoms with van der Waals surface area (Å²) in [6, 6.07) is -2.27. The van der Waals surface area contributed by atoms with Gasteiger partial charge in [-0.2, -0.15) is 0 Å². The van der Waals surface area contributed by atoms with Crippen molar-refractivity contribution in [3.8, 4) is 0 Å². The number of carbonyl (C=O) groups excluding carboxylic acids is 2. The van der Waals surface area contributed by atoms with Crippen molar-refractivity contribution in [3.63, 3.8) is 0 Å². The zero-order chi connectivity index (χ0) is 12.9. The molecule has 2 rings (SSSR count). The van der Waals surface area contributed by atoms with Crippen LogP contribution in [0.4, 0.5) is 0 Å². The number of aliphatic hydroxyl groups excluding tert-OH is 1. The summed E-state index contributed by atoms with van der Waals surface area (Å²) in [5.74, 6) is -1.81. The van der Waals surface area contributed by atoms with Crippen LogP contribution < -0.4 is 0 Å². The molecule has 1 heterocycles. The lowest BCUT2D eigenvalue weighted by molar-refractivity contribution is 0.0490. The van der Waals surface area contributed by atoms with E-state index in [0.29, 0.717) is 4.90 Å². The van der Waals surface area contributed by atoms with Gasteiger partial charge >= 0.3 is 0 Å². The van der Waals surface area contributed by atoms with E-state index in [9.17, 15) is 9.59 Å². The highest BCUT2D eigenvalue weighted by atomic mass is 16.3. The molecule has 1 aliphatic heterocycles. The Labute approximate surface area is 80.0 Å². The number of rotatable bonds is 1. The first-order valence-corrected chi connectivity index (χ1v) is 3.49. The fourth-order valence-electron chi connectivity index (χ4n) is 1.12. The van der Waals surface area contributed by atoms with Crippen molar-refractivity contribution in [2.24, 2.45) is 0 Å². The maximum absolute atomic E-state index is 11.7. The molecule has 13 heavy (non-hydrogen) atoms. The lowest BCUT2D eigenvalue weighted by Gasteiger charge is -2.07. The monoisotopic (exact) mass is 181 g/mol. The summed E-state index contributed by atoms with van der Waals surface area (Å²) < 4.78 is 29.8. The number of amides is 2. The minimum absolute atomic E-state index is 0.380. The normalized spacial score (nSPS) is 19.3. The Hall–Kier alpha value is -1.68. The van der Waals surface area contributed by atoms with Gasteiger partial charge < -0.3 is 5.11 Å². The number of carbonyl (C=O) groups is 2. The first-order chi connectivity index (χ1) is 7.91. The zero-order valence-electron chi connectivity index (χ0n) is 10.4. The van der Waals surface area contributed by atoms with Crippen LogP contribution >= 0.6 is 0 Å². The summed E-state index contributed by atoms with van der Waals surface area (Å²) in [6.07, 6.45) is 0. The van der Waals surface area contributed by atoms with Crippen LogP contribution in [-0.2, 0) is 0 Å². The smallest absolute Gasteiger partial charge is 0.263 e. The third kappa shape index (κ3) is 0.957. The molecule has 1 aromatic carbocycles. The van der Waals surface area contributed by atoms with Crippen molar-refractivity contribution in [1.29, 1.82) is 0 Å². The van der Waals surface area contributed by atoms with Gasteiger partial charge in [0.05, 0.1) is 16.6 Å². The molecule has 66 valence electrons. The fourth-order valence-corrected chi connectivity index (χ4v) is 1.12. The van der Waals surface area contributed by atoms with E-state index in [-0.39, 0.29) is 11.1 Å². The Morgan fingerprint density at radius 2 is 1.69 bits per heavy atom. The lowest BCUT2D eigenvalue weighted by atomic mass is 10.1. The molecule has 1 aliphatic rings. The van der Waals surface area contributed by atoms with E-state index in [2.05, 4.69) is 0 Å². The molecular weight excluding hydrogens is 170 g/mol. The molecule has 0 bridgehead atoms. The number of imide groups is 1. The molecule has 0 atom stereocenters. The number of hydrogen-bond acceptors (Lipinski definition) is 3. The zero-order valence-corrected chi connectivity index (χ0v) is 6.42. The van der Waals surface area contributed by atoms with E-state index in [1.165, 1.54) is 0 Å². The third-order valence-electron chi connectivity index (χ3n) is 1.75. The van der Waals surface area contributed by atoms with Crippen molar-refractivity contribution < 1.29 is 20.2 Å². The van der Waals surface area contributed by atoms with Crippen LogP contribution in [0.15, 0.2) is 24.2 Å². The molecule has 0 spiro atoms. The number of hydrogen-bond donors (Lipinski definition) is 1. The molecular formula is C9H7NO3. The van der Waals surface area contributed by atoms with Gasteiger partial charge in [0.15, 0.2) is 0 Å². The molecule has 2 amide bonds. The Kier molecular flexibility index (Phi) is 0.930. The number of benzene rings is 1. The van der Waals surface area contributed by atoms with Crippen LogP contribution in [-0.4, -0.2) is 28.6 Å². The van der Waals surface area contributed by atoms with Gasteiger partial charge in [0.1, 0.15) is 6.73 Å². The summed E-state index contributed by atoms with van der Waals surface area (Å²) in [6.45, 7) is -0.855. The number of fused-ring (bicyclic) bond motifs is 1. The maximum atomic E-state index is 11.7. The van der Waals surface area contributed by atoms with Gasteiger partial charge in [-0.05, 0) is 12.1 Å². The molecule has 1 N–H and O–H groups in total. The Bertz CT molecular complexity index is 511. The van der Waals surface area contributed by atoms with Crippen LogP contribution in [0.2, 0.25) is 0 Å². The SMILES string of the molecule is [2H]c1c([2H])c([2H])c2c(c1[2H])C(=O)N(CO)C2=O. The second-order valence-corrected chi connectivity index (χ2v) is 2.43. The summed E-state index contributed by atoms with van der Waals surface area (Å²) in [5.41, 5.74) is -0.759. The van der Waals surface area contributed by atoms with Crippen LogP contribution in [0.25, 0.3) is 0 Å². The minimum Gasteiger partial charge on any atom is -0.376 e. The van der Waals surface area contributed by atoms with Crippen molar-refractivity contribution >= 4 is 11.8 Å². The molecule has 4 nitrogen and oxygen atoms in total. The van der Waals surface area contributed by atoms with Crippen molar-refractivity contribution in [2.75, 3.05) is 6.73 Å². The van der Waals surface area contributed by atoms with Gasteiger partial charge in [-0.1, -0.05) is 12.1 Å². The predicted octanol–water partition coefficient (Wildman–Crippen LogP) is 0.232. The van der Waals surface area contributed by atoms with E-state index >= 15 is 0 Å². The van der Waals surface area contributed by atoms with Crippen molar-refractivity contribution in [3.05, 3.63) is 35.3 Å². The molecule has 0 saturated heterocycles. The molecule has 0 saturated carbocycles. The molecule has 0 aliphatic carbocycles. The third-order valence-corrected chi connectivity index (χ3v) is 1.75. The second kappa shape index (κ2) is 2.67. The van der Waals surface area contributed by atoms with E-state index < -0.39 is 42.7 Å². The topological polar surface area (TPSA) is 57.6 Å². The standard InChI is InChI=1S/C9H7NO3/c11-5-10-8(12)6-3-1-2-4-7(6)9(10)13/h1-4,11H,5H2/i1D,2D,3D,4D. The lowest BCUT2D eigenvalue weighted by Crippen LogP contribution is -2.30. The van der Waals surface area contributed by atoms with Crippen molar-refractivity contribution in [1.82, 2.24) is 4.90 Å². The number of aliphatic hydroxyl groups is 1. The summed E-state index contributed by atoms with van der Waals surface area (Å²) >= 11 is 0. The van der Waals surface area contributed by atoms with E-state index in [4.69, 9.17) is 10.6 Å². The molecule has 4 heteroatoms. The largest absolute Gasteiger partial charge is 0.376 e. The number of nitrogens with zero attached hydrogens (tertiary/aromatic N) is 1. The molecule has 1 aromatic rings. The average Bonchev–Trinajstić information content (AvgIpc) is 2.55. The highest BCUT2D eigenvalue weighted by Gasteiger charge is 2.34. The quantitative estimate of drug-likeness (QED) is 0.631. The van der Waals surface area contributed by atoms with Gasteiger partial charge in [0, 0.05) is 0 Å². The average molecular weight is 181 g/mol. The van der Waals surface area contributed by atoms with Gasteiger partial charge in [0.25, 0.3) is 11.8 Å². The highest BCUT2D eigenvalue weighted by molar-refractivity contribution is 6.21. The van der Waals surface area contributed by atoms with Crippen LogP contribution in [0.5, 0.6) is 0 Å². The Balaban J connectivity index is 2.84. The molecule has 0 aromatic heterocycles. The molecule has 0 fully saturated rings. The van der Waals surface area contributed by atoms with Gasteiger partial charge in [-0.25, -0.2) is 0 Å². The summed E-state index contributed by atoms with van der Waals surface area (Å²) in [5, 5.41) is 8.87. The van der Waals surface area contributed by atoms with Crippen LogP contribution in [0, 0.1) is 0 Å². The van der Waals surface area contributed by atoms with E-state index in [0.717, 1.165) is 0 Å². The first-order valence-electron chi connectivity index (χ1n) is 5.49. The van der Waals surface area contributed by atoms with Gasteiger partial charge in [-0.15, -0.1) is 0 Å². The molecule has 0 unspecified atom stereocenters. The van der Waals surface area contributed by atoms with Gasteiger partial charge in [0.2, 0.25) is 0 Å². The van der Waals surface area contributed by atoms with Crippen LogP contribution in [0.1, 0.15) is 26.2 Å². The Morgan fingerprint density at radius 1 is 1.23 bits per heavy atom. The van der Waals surface area contributed by atoms with Crippen molar-refractivity contribution in [2.45, 2.75) is 0 Å². The first kappa shape index (κ1) is 4.53. The second-order valence-electron chi connectivity index (χ2n) is 2.43. The highest BCUT2D eigenvalue weighted by Crippen LogP contribution is 2.21.